The van der Waals surface area contributed by atoms with Gasteiger partial charge in [-0.2, -0.15) is 0 Å². The smallest absolute Gasteiger partial charge is 0.311 e. The predicted octanol–water partition coefficient (Wildman–Crippen LogP) is 1.78. The van der Waals surface area contributed by atoms with Gasteiger partial charge in [0.15, 0.2) is 11.5 Å². The Bertz CT molecular complexity index is 995. The quantitative estimate of drug-likeness (QED) is 0.0913. The van der Waals surface area contributed by atoms with Crippen molar-refractivity contribution in [1.82, 2.24) is 5.32 Å². The van der Waals surface area contributed by atoms with E-state index in [9.17, 15) is 34.8 Å². The Balaban J connectivity index is 1.73. The van der Waals surface area contributed by atoms with Crippen molar-refractivity contribution in [3.8, 4) is 11.5 Å². The summed E-state index contributed by atoms with van der Waals surface area (Å²) in [5, 5.41) is 42.0. The highest BCUT2D eigenvalue weighted by Gasteiger charge is 2.42. The number of unbranched alkanes of at least 4 members (excludes halogenated alkanes) is 2. The molecule has 1 aliphatic rings. The molecule has 1 aliphatic carbocycles. The minimum Gasteiger partial charge on any atom is -0.493 e. The van der Waals surface area contributed by atoms with E-state index in [0.29, 0.717) is 24.6 Å². The molecule has 3 unspecified atom stereocenters. The first-order valence-corrected chi connectivity index (χ1v) is 13.7. The molecule has 1 fully saturated rings. The van der Waals surface area contributed by atoms with Crippen molar-refractivity contribution in [1.29, 1.82) is 0 Å². The molecule has 0 spiro atoms. The van der Waals surface area contributed by atoms with E-state index in [-0.39, 0.29) is 37.5 Å². The predicted molar refractivity (Wildman–Crippen MR) is 145 cm³/mol. The maximum absolute atomic E-state index is 12.3. The molecule has 5 N–H and O–H groups in total. The van der Waals surface area contributed by atoms with Crippen molar-refractivity contribution in [3.05, 3.63) is 35.9 Å². The molecule has 5 atom stereocenters. The summed E-state index contributed by atoms with van der Waals surface area (Å²) >= 11 is 0. The van der Waals surface area contributed by atoms with Crippen LogP contribution in [-0.2, 0) is 25.7 Å². The Hall–Kier alpha value is -2.99. The van der Waals surface area contributed by atoms with Crippen LogP contribution in [0.4, 0.5) is 0 Å². The highest BCUT2D eigenvalue weighted by molar-refractivity contribution is 5.79. The average molecular weight is 566 g/mol. The Labute approximate surface area is 235 Å². The zero-order chi connectivity index (χ0) is 29.7. The summed E-state index contributed by atoms with van der Waals surface area (Å²) in [6.07, 6.45) is 1.22. The van der Waals surface area contributed by atoms with Crippen molar-refractivity contribution < 1.29 is 49.0 Å². The second-order valence-electron chi connectivity index (χ2n) is 10.4. The van der Waals surface area contributed by atoms with E-state index in [4.69, 9.17) is 14.2 Å². The summed E-state index contributed by atoms with van der Waals surface area (Å²) in [5.74, 6) is -1.22. The molecule has 0 aromatic heterocycles. The Morgan fingerprint density at radius 3 is 2.40 bits per heavy atom. The first-order valence-electron chi connectivity index (χ1n) is 13.7. The topological polar surface area (TPSA) is 172 Å². The Morgan fingerprint density at radius 2 is 1.70 bits per heavy atom. The van der Waals surface area contributed by atoms with Gasteiger partial charge in [0.1, 0.15) is 12.2 Å². The van der Waals surface area contributed by atoms with E-state index in [1.807, 2.05) is 0 Å². The minimum absolute atomic E-state index is 0.0443. The lowest BCUT2D eigenvalue weighted by Gasteiger charge is -2.37. The number of allylic oxidation sites excluding steroid dienone is 2. The van der Waals surface area contributed by atoms with Crippen molar-refractivity contribution in [2.45, 2.75) is 89.8 Å². The van der Waals surface area contributed by atoms with Crippen molar-refractivity contribution >= 4 is 17.8 Å². The van der Waals surface area contributed by atoms with E-state index in [0.717, 1.165) is 24.8 Å². The number of rotatable bonds is 15. The summed E-state index contributed by atoms with van der Waals surface area (Å²) in [6, 6.07) is 4.90. The summed E-state index contributed by atoms with van der Waals surface area (Å²) in [6.45, 7) is 4.26. The number of ether oxygens (including phenoxy) is 3. The van der Waals surface area contributed by atoms with Gasteiger partial charge in [-0.25, -0.2) is 0 Å². The van der Waals surface area contributed by atoms with Gasteiger partial charge in [0.05, 0.1) is 38.8 Å². The number of amides is 1. The molecule has 224 valence electrons. The molecule has 40 heavy (non-hydrogen) atoms. The number of hydrogen-bond acceptors (Lipinski definition) is 10. The number of carbonyl (C=O) groups excluding carboxylic acids is 3. The third-order valence-corrected chi connectivity index (χ3v) is 6.60. The number of esters is 2. The van der Waals surface area contributed by atoms with Gasteiger partial charge in [-0.05, 0) is 49.3 Å². The average Bonchev–Trinajstić information content (AvgIpc) is 2.93. The fourth-order valence-corrected chi connectivity index (χ4v) is 4.23. The minimum atomic E-state index is -1.55. The van der Waals surface area contributed by atoms with Crippen LogP contribution in [0.5, 0.6) is 11.5 Å². The lowest BCUT2D eigenvalue weighted by molar-refractivity contribution is -0.172. The van der Waals surface area contributed by atoms with Crippen molar-refractivity contribution in [2.75, 3.05) is 13.7 Å². The summed E-state index contributed by atoms with van der Waals surface area (Å²) in [7, 11) is 1.42. The first kappa shape index (κ1) is 33.2. The van der Waals surface area contributed by atoms with Crippen LogP contribution in [0, 0.1) is 11.8 Å². The Kier molecular flexibility index (Phi) is 14.1. The summed E-state index contributed by atoms with van der Waals surface area (Å²) in [5.41, 5.74) is 0.765. The molecular formula is C29H43NO10. The molecule has 0 radical (unpaired) electrons. The third kappa shape index (κ3) is 11.2. The molecule has 1 amide bonds. The molecular weight excluding hydrogens is 522 g/mol. The molecule has 11 nitrogen and oxygen atoms in total. The number of hydrogen-bond donors (Lipinski definition) is 5. The monoisotopic (exact) mass is 565 g/mol. The zero-order valence-corrected chi connectivity index (χ0v) is 23.5. The molecule has 0 heterocycles. The van der Waals surface area contributed by atoms with Crippen LogP contribution in [0.25, 0.3) is 0 Å². The van der Waals surface area contributed by atoms with Crippen LogP contribution >= 0.6 is 0 Å². The van der Waals surface area contributed by atoms with Crippen LogP contribution in [0.15, 0.2) is 30.4 Å². The third-order valence-electron chi connectivity index (χ3n) is 6.60. The number of benzene rings is 1. The van der Waals surface area contributed by atoms with Crippen molar-refractivity contribution in [3.63, 3.8) is 0 Å². The first-order chi connectivity index (χ1) is 19.0. The summed E-state index contributed by atoms with van der Waals surface area (Å²) in [4.78, 5) is 36.5. The van der Waals surface area contributed by atoms with Gasteiger partial charge in [-0.15, -0.1) is 0 Å². The van der Waals surface area contributed by atoms with E-state index in [1.165, 1.54) is 7.11 Å². The van der Waals surface area contributed by atoms with Crippen LogP contribution in [-0.4, -0.2) is 76.4 Å². The molecule has 2 rings (SSSR count). The second kappa shape index (κ2) is 17.0. The van der Waals surface area contributed by atoms with Gasteiger partial charge in [0, 0.05) is 18.9 Å². The fourth-order valence-electron chi connectivity index (χ4n) is 4.23. The van der Waals surface area contributed by atoms with E-state index in [2.05, 4.69) is 31.3 Å². The molecule has 1 saturated carbocycles. The Morgan fingerprint density at radius 1 is 0.975 bits per heavy atom. The lowest BCUT2D eigenvalue weighted by Crippen LogP contribution is -2.54. The lowest BCUT2D eigenvalue weighted by atomic mass is 9.81. The summed E-state index contributed by atoms with van der Waals surface area (Å²) < 4.78 is 15.7. The van der Waals surface area contributed by atoms with Gasteiger partial charge in [-0.1, -0.05) is 32.1 Å². The zero-order valence-electron chi connectivity index (χ0n) is 23.5. The highest BCUT2D eigenvalue weighted by atomic mass is 16.6. The number of aliphatic hydroxyl groups excluding tert-OH is 4. The largest absolute Gasteiger partial charge is 0.493 e. The standard InChI is InChI=1S/C29H43NO10/c1-18(2)8-6-4-5-7-9-24(32)30-16-19-10-11-22(23(14-19)38-3)40-26(34)13-12-25(33)39-17-20-15-21(31)28(36)29(37)27(20)35/h6,8,10-11,14,18,20-21,27-29,31,35-37H,4-5,7,9,12-13,15-17H2,1-3H3,(H,30,32)/b8-6+/t20-,21?,27?,28?,29+/m1/s1. The van der Waals surface area contributed by atoms with Gasteiger partial charge in [0.2, 0.25) is 5.91 Å². The SMILES string of the molecule is COc1cc(CNC(=O)CCCC/C=C/C(C)C)ccc1OC(=O)CCC(=O)OC[C@H]1CC(O)C(O)[C@@H](O)C1O. The molecule has 0 bridgehead atoms. The van der Waals surface area contributed by atoms with Gasteiger partial charge < -0.3 is 40.0 Å². The molecule has 0 aliphatic heterocycles. The van der Waals surface area contributed by atoms with Gasteiger partial charge in [-0.3, -0.25) is 14.4 Å². The molecule has 1 aromatic carbocycles. The van der Waals surface area contributed by atoms with Crippen molar-refractivity contribution in [2.24, 2.45) is 11.8 Å². The number of methoxy groups -OCH3 is 1. The number of carbonyl (C=O) groups is 3. The van der Waals surface area contributed by atoms with Crippen LogP contribution < -0.4 is 14.8 Å². The number of aliphatic hydroxyl groups is 4. The van der Waals surface area contributed by atoms with E-state index >= 15 is 0 Å². The molecule has 11 heteroatoms. The maximum atomic E-state index is 12.3. The highest BCUT2D eigenvalue weighted by Crippen LogP contribution is 2.29. The van der Waals surface area contributed by atoms with Crippen LogP contribution in [0.2, 0.25) is 0 Å². The maximum Gasteiger partial charge on any atom is 0.311 e. The number of nitrogens with one attached hydrogen (secondary N) is 1. The fraction of sp³-hybridized carbons (Fsp3) is 0.621. The molecule has 1 aromatic rings. The molecule has 0 saturated heterocycles. The van der Waals surface area contributed by atoms with E-state index < -0.39 is 42.3 Å². The van der Waals surface area contributed by atoms with Gasteiger partial charge in [0.25, 0.3) is 0 Å². The van der Waals surface area contributed by atoms with Crippen LogP contribution in [0.3, 0.4) is 0 Å². The second-order valence-corrected chi connectivity index (χ2v) is 10.4. The van der Waals surface area contributed by atoms with Gasteiger partial charge >= 0.3 is 11.9 Å². The van der Waals surface area contributed by atoms with Crippen LogP contribution in [0.1, 0.15) is 64.4 Å². The normalized spacial score (nSPS) is 22.8. The van der Waals surface area contributed by atoms with E-state index in [1.54, 1.807) is 18.2 Å².